The highest BCUT2D eigenvalue weighted by atomic mass is 32.1. The Bertz CT molecular complexity index is 2110. The molecule has 0 bridgehead atoms. The molecule has 0 saturated heterocycles. The predicted molar refractivity (Wildman–Crippen MR) is 193 cm³/mol. The fourth-order valence-corrected chi connectivity index (χ4v) is 6.47. The normalized spacial score (nSPS) is 11.7. The van der Waals surface area contributed by atoms with Crippen LogP contribution in [0.15, 0.2) is 121 Å². The van der Waals surface area contributed by atoms with Crippen LogP contribution in [-0.2, 0) is 11.3 Å². The van der Waals surface area contributed by atoms with Gasteiger partial charge in [-0.3, -0.25) is 14.4 Å². The Balaban J connectivity index is 1.19. The van der Waals surface area contributed by atoms with Crippen molar-refractivity contribution >= 4 is 45.0 Å². The number of hydrogen-bond donors (Lipinski definition) is 2. The summed E-state index contributed by atoms with van der Waals surface area (Å²) in [5.41, 5.74) is 6.10. The molecule has 7 nitrogen and oxygen atoms in total. The average molecular weight is 671 g/mol. The summed E-state index contributed by atoms with van der Waals surface area (Å²) >= 11 is 1.17. The molecule has 1 aromatic heterocycles. The van der Waals surface area contributed by atoms with E-state index in [0.717, 1.165) is 16.7 Å². The van der Waals surface area contributed by atoms with Crippen LogP contribution in [0.4, 0.5) is 10.1 Å². The molecule has 0 radical (unpaired) electrons. The third-order valence-electron chi connectivity index (χ3n) is 8.27. The standard InChI is InChI=1S/C40H35FN4O3S/c1-25(2)27-15-17-28(18-16-27)32-11-7-8-12-33(32)37(46)42-31-21-22-34-35(23-31)49-39(43-34)38(47)44-36(29-9-5-4-6-10-29)40(48)45(3)24-26-13-19-30(41)20-14-26/h4-23,25,36H,24H2,1-3H3,(H,42,46)(H,44,47). The van der Waals surface area contributed by atoms with Gasteiger partial charge < -0.3 is 15.5 Å². The van der Waals surface area contributed by atoms with E-state index in [1.54, 1.807) is 67.7 Å². The van der Waals surface area contributed by atoms with Gasteiger partial charge in [0.1, 0.15) is 11.9 Å². The molecule has 6 aromatic rings. The van der Waals surface area contributed by atoms with Gasteiger partial charge in [-0.2, -0.15) is 0 Å². The third-order valence-corrected chi connectivity index (χ3v) is 9.28. The quantitative estimate of drug-likeness (QED) is 0.153. The number of nitrogens with one attached hydrogen (secondary N) is 2. The summed E-state index contributed by atoms with van der Waals surface area (Å²) in [5, 5.41) is 6.06. The van der Waals surface area contributed by atoms with Gasteiger partial charge in [0.2, 0.25) is 5.91 Å². The second-order valence-corrected chi connectivity index (χ2v) is 13.1. The molecule has 0 spiro atoms. The Morgan fingerprint density at radius 1 is 0.796 bits per heavy atom. The van der Waals surface area contributed by atoms with Gasteiger partial charge in [0.15, 0.2) is 5.01 Å². The van der Waals surface area contributed by atoms with Gasteiger partial charge in [-0.1, -0.05) is 98.8 Å². The molecule has 5 aromatic carbocycles. The van der Waals surface area contributed by atoms with E-state index in [9.17, 15) is 18.8 Å². The van der Waals surface area contributed by atoms with Gasteiger partial charge in [0.25, 0.3) is 11.8 Å². The summed E-state index contributed by atoms with van der Waals surface area (Å²) in [6.45, 7) is 4.53. The topological polar surface area (TPSA) is 91.4 Å². The van der Waals surface area contributed by atoms with Crippen molar-refractivity contribution in [2.45, 2.75) is 32.4 Å². The molecule has 9 heteroatoms. The van der Waals surface area contributed by atoms with Crippen molar-refractivity contribution in [2.24, 2.45) is 0 Å². The maximum absolute atomic E-state index is 13.7. The number of nitrogens with zero attached hydrogens (tertiary/aromatic N) is 2. The number of anilines is 1. The first-order chi connectivity index (χ1) is 23.7. The number of aromatic nitrogens is 1. The zero-order valence-electron chi connectivity index (χ0n) is 27.3. The largest absolute Gasteiger partial charge is 0.339 e. The molecule has 3 amide bonds. The molecule has 0 saturated carbocycles. The lowest BCUT2D eigenvalue weighted by Gasteiger charge is -2.25. The summed E-state index contributed by atoms with van der Waals surface area (Å²) < 4.78 is 14.1. The van der Waals surface area contributed by atoms with Crippen LogP contribution in [0.2, 0.25) is 0 Å². The van der Waals surface area contributed by atoms with Crippen LogP contribution in [-0.4, -0.2) is 34.7 Å². The lowest BCUT2D eigenvalue weighted by molar-refractivity contribution is -0.132. The summed E-state index contributed by atoms with van der Waals surface area (Å²) in [6.07, 6.45) is 0. The molecule has 0 aliphatic heterocycles. The molecule has 0 aliphatic rings. The molecule has 2 N–H and O–H groups in total. The summed E-state index contributed by atoms with van der Waals surface area (Å²) in [7, 11) is 1.64. The van der Waals surface area contributed by atoms with E-state index in [4.69, 9.17) is 0 Å². The van der Waals surface area contributed by atoms with E-state index < -0.39 is 11.9 Å². The highest BCUT2D eigenvalue weighted by Gasteiger charge is 2.27. The lowest BCUT2D eigenvalue weighted by Crippen LogP contribution is -2.41. The third kappa shape index (κ3) is 7.74. The number of fused-ring (bicyclic) bond motifs is 1. The van der Waals surface area contributed by atoms with Crippen molar-refractivity contribution in [3.8, 4) is 11.1 Å². The number of carbonyl (C=O) groups is 3. The van der Waals surface area contributed by atoms with Gasteiger partial charge in [0, 0.05) is 24.8 Å². The second kappa shape index (κ2) is 14.6. The predicted octanol–water partition coefficient (Wildman–Crippen LogP) is 8.61. The first-order valence-corrected chi connectivity index (χ1v) is 16.7. The van der Waals surface area contributed by atoms with Crippen LogP contribution in [0.3, 0.4) is 0 Å². The number of carbonyl (C=O) groups excluding carboxylic acids is 3. The number of halogens is 1. The molecule has 0 aliphatic carbocycles. The number of rotatable bonds is 10. The zero-order chi connectivity index (χ0) is 34.5. The van der Waals surface area contributed by atoms with Crippen molar-refractivity contribution in [1.82, 2.24) is 15.2 Å². The SMILES string of the molecule is CC(C)c1ccc(-c2ccccc2C(=O)Nc2ccc3nc(C(=O)NC(C(=O)N(C)Cc4ccc(F)cc4)c4ccccc4)sc3c2)cc1. The van der Waals surface area contributed by atoms with Crippen LogP contribution < -0.4 is 10.6 Å². The van der Waals surface area contributed by atoms with Crippen LogP contribution >= 0.6 is 11.3 Å². The Kier molecular flexibility index (Phi) is 9.92. The molecule has 0 fully saturated rings. The molecule has 6 rings (SSSR count). The second-order valence-electron chi connectivity index (χ2n) is 12.1. The first kappa shape index (κ1) is 33.2. The van der Waals surface area contributed by atoms with E-state index in [1.807, 2.05) is 36.4 Å². The number of benzene rings is 5. The van der Waals surface area contributed by atoms with Gasteiger partial charge in [-0.25, -0.2) is 9.37 Å². The fraction of sp³-hybridized carbons (Fsp3) is 0.150. The van der Waals surface area contributed by atoms with Crippen molar-refractivity contribution < 1.29 is 18.8 Å². The first-order valence-electron chi connectivity index (χ1n) is 15.9. The monoisotopic (exact) mass is 670 g/mol. The number of amides is 3. The van der Waals surface area contributed by atoms with Gasteiger partial charge in [-0.15, -0.1) is 11.3 Å². The van der Waals surface area contributed by atoms with Crippen LogP contribution in [0, 0.1) is 5.82 Å². The maximum Gasteiger partial charge on any atom is 0.281 e. The van der Waals surface area contributed by atoms with E-state index in [-0.39, 0.29) is 29.2 Å². The summed E-state index contributed by atoms with van der Waals surface area (Å²) in [6, 6.07) is 35.0. The molecular weight excluding hydrogens is 636 g/mol. The summed E-state index contributed by atoms with van der Waals surface area (Å²) in [5.74, 6) is -1.02. The molecule has 246 valence electrons. The molecule has 1 unspecified atom stereocenters. The van der Waals surface area contributed by atoms with Crippen molar-refractivity contribution in [3.63, 3.8) is 0 Å². The number of hydrogen-bond acceptors (Lipinski definition) is 5. The van der Waals surface area contributed by atoms with E-state index in [2.05, 4.69) is 41.6 Å². The van der Waals surface area contributed by atoms with Crippen molar-refractivity contribution in [2.75, 3.05) is 12.4 Å². The minimum absolute atomic E-state index is 0.184. The minimum Gasteiger partial charge on any atom is -0.339 e. The average Bonchev–Trinajstić information content (AvgIpc) is 3.55. The Labute approximate surface area is 288 Å². The zero-order valence-corrected chi connectivity index (χ0v) is 28.1. The number of thiazole rings is 1. The summed E-state index contributed by atoms with van der Waals surface area (Å²) in [4.78, 5) is 46.7. The van der Waals surface area contributed by atoms with Gasteiger partial charge >= 0.3 is 0 Å². The van der Waals surface area contributed by atoms with Crippen molar-refractivity contribution in [3.05, 3.63) is 154 Å². The van der Waals surface area contributed by atoms with Crippen LogP contribution in [0.25, 0.3) is 21.3 Å². The Morgan fingerprint density at radius 3 is 2.20 bits per heavy atom. The van der Waals surface area contributed by atoms with Crippen LogP contribution in [0.5, 0.6) is 0 Å². The molecule has 1 heterocycles. The number of likely N-dealkylation sites (N-methyl/N-ethyl adjacent to an activating group) is 1. The highest BCUT2D eigenvalue weighted by Crippen LogP contribution is 2.29. The highest BCUT2D eigenvalue weighted by molar-refractivity contribution is 7.20. The fourth-order valence-electron chi connectivity index (χ4n) is 5.57. The van der Waals surface area contributed by atoms with E-state index in [0.29, 0.717) is 32.9 Å². The minimum atomic E-state index is -0.970. The van der Waals surface area contributed by atoms with Gasteiger partial charge in [-0.05, 0) is 70.1 Å². The molecular formula is C40H35FN4O3S. The van der Waals surface area contributed by atoms with Gasteiger partial charge in [0.05, 0.1) is 10.2 Å². The lowest BCUT2D eigenvalue weighted by atomic mass is 9.95. The Hall–Kier alpha value is -5.67. The molecule has 49 heavy (non-hydrogen) atoms. The smallest absolute Gasteiger partial charge is 0.281 e. The molecule has 1 atom stereocenters. The van der Waals surface area contributed by atoms with E-state index >= 15 is 0 Å². The Morgan fingerprint density at radius 2 is 1.49 bits per heavy atom. The maximum atomic E-state index is 13.7. The van der Waals surface area contributed by atoms with Crippen LogP contribution in [0.1, 0.15) is 62.7 Å². The van der Waals surface area contributed by atoms with Crippen molar-refractivity contribution in [1.29, 1.82) is 0 Å². The van der Waals surface area contributed by atoms with E-state index in [1.165, 1.54) is 33.9 Å².